The summed E-state index contributed by atoms with van der Waals surface area (Å²) in [5.41, 5.74) is 0.309. The zero-order chi connectivity index (χ0) is 13.1. The van der Waals surface area contributed by atoms with Gasteiger partial charge >= 0.3 is 0 Å². The third kappa shape index (κ3) is 3.17. The SMILES string of the molecule is Cc1ccc(CNC(=O)c2cc(F)ccc2Br)s1. The van der Waals surface area contributed by atoms with Gasteiger partial charge in [0.2, 0.25) is 0 Å². The zero-order valence-corrected chi connectivity index (χ0v) is 12.1. The van der Waals surface area contributed by atoms with Crippen molar-refractivity contribution < 1.29 is 9.18 Å². The van der Waals surface area contributed by atoms with E-state index in [9.17, 15) is 9.18 Å². The molecule has 0 aliphatic rings. The van der Waals surface area contributed by atoms with Crippen LogP contribution < -0.4 is 5.32 Å². The van der Waals surface area contributed by atoms with E-state index >= 15 is 0 Å². The maximum Gasteiger partial charge on any atom is 0.252 e. The zero-order valence-electron chi connectivity index (χ0n) is 9.67. The molecule has 2 rings (SSSR count). The Morgan fingerprint density at radius 1 is 1.39 bits per heavy atom. The highest BCUT2D eigenvalue weighted by Crippen LogP contribution is 2.18. The molecule has 0 bridgehead atoms. The molecule has 0 saturated heterocycles. The van der Waals surface area contributed by atoms with Gasteiger partial charge in [0.05, 0.1) is 12.1 Å². The van der Waals surface area contributed by atoms with Crippen molar-refractivity contribution in [3.63, 3.8) is 0 Å². The highest BCUT2D eigenvalue weighted by molar-refractivity contribution is 9.10. The fourth-order valence-corrected chi connectivity index (χ4v) is 2.77. The van der Waals surface area contributed by atoms with E-state index in [0.29, 0.717) is 16.6 Å². The molecule has 94 valence electrons. The fourth-order valence-electron chi connectivity index (χ4n) is 1.51. The molecule has 0 spiro atoms. The topological polar surface area (TPSA) is 29.1 Å². The van der Waals surface area contributed by atoms with E-state index in [-0.39, 0.29) is 5.91 Å². The molecule has 1 aromatic carbocycles. The predicted octanol–water partition coefficient (Wildman–Crippen LogP) is 3.89. The van der Waals surface area contributed by atoms with Crippen LogP contribution in [0.5, 0.6) is 0 Å². The first kappa shape index (κ1) is 13.2. The summed E-state index contributed by atoms with van der Waals surface area (Å²) in [4.78, 5) is 14.2. The molecule has 0 fully saturated rings. The molecule has 2 aromatic rings. The first-order valence-corrected chi connectivity index (χ1v) is 6.96. The van der Waals surface area contributed by atoms with Crippen molar-refractivity contribution in [3.8, 4) is 0 Å². The van der Waals surface area contributed by atoms with E-state index in [0.717, 1.165) is 4.88 Å². The number of carbonyl (C=O) groups excluding carboxylic acids is 1. The quantitative estimate of drug-likeness (QED) is 0.910. The van der Waals surface area contributed by atoms with Gasteiger partial charge < -0.3 is 5.32 Å². The summed E-state index contributed by atoms with van der Waals surface area (Å²) in [5.74, 6) is -0.706. The van der Waals surface area contributed by atoms with Gasteiger partial charge in [0, 0.05) is 14.2 Å². The van der Waals surface area contributed by atoms with Crippen LogP contribution in [0, 0.1) is 12.7 Å². The predicted molar refractivity (Wildman–Crippen MR) is 74.3 cm³/mol. The summed E-state index contributed by atoms with van der Waals surface area (Å²) >= 11 is 4.87. The molecular weight excluding hydrogens is 317 g/mol. The lowest BCUT2D eigenvalue weighted by molar-refractivity contribution is 0.0950. The number of hydrogen-bond acceptors (Lipinski definition) is 2. The largest absolute Gasteiger partial charge is 0.347 e. The minimum Gasteiger partial charge on any atom is -0.347 e. The summed E-state index contributed by atoms with van der Waals surface area (Å²) in [5, 5.41) is 2.77. The third-order valence-electron chi connectivity index (χ3n) is 2.39. The lowest BCUT2D eigenvalue weighted by Crippen LogP contribution is -2.22. The molecule has 1 N–H and O–H groups in total. The number of carbonyl (C=O) groups is 1. The van der Waals surface area contributed by atoms with E-state index in [2.05, 4.69) is 21.2 Å². The first-order chi connectivity index (χ1) is 8.56. The number of rotatable bonds is 3. The van der Waals surface area contributed by atoms with Crippen LogP contribution >= 0.6 is 27.3 Å². The monoisotopic (exact) mass is 327 g/mol. The number of amides is 1. The first-order valence-electron chi connectivity index (χ1n) is 5.35. The Morgan fingerprint density at radius 2 is 2.17 bits per heavy atom. The average Bonchev–Trinajstić information content (AvgIpc) is 2.75. The van der Waals surface area contributed by atoms with Crippen LogP contribution in [0.15, 0.2) is 34.8 Å². The second kappa shape index (κ2) is 5.63. The third-order valence-corrected chi connectivity index (χ3v) is 4.08. The second-order valence-electron chi connectivity index (χ2n) is 3.82. The van der Waals surface area contributed by atoms with Gasteiger partial charge in [0.15, 0.2) is 0 Å². The Morgan fingerprint density at radius 3 is 2.83 bits per heavy atom. The van der Waals surface area contributed by atoms with Gasteiger partial charge in [0.1, 0.15) is 5.82 Å². The van der Waals surface area contributed by atoms with Crippen LogP contribution in [0.3, 0.4) is 0 Å². The van der Waals surface area contributed by atoms with Crippen molar-refractivity contribution in [1.82, 2.24) is 5.32 Å². The summed E-state index contributed by atoms with van der Waals surface area (Å²) in [7, 11) is 0. The minimum absolute atomic E-state index is 0.285. The molecule has 0 saturated carbocycles. The van der Waals surface area contributed by atoms with Crippen molar-refractivity contribution in [2.75, 3.05) is 0 Å². The molecule has 0 radical (unpaired) electrons. The maximum absolute atomic E-state index is 13.1. The molecule has 1 heterocycles. The van der Waals surface area contributed by atoms with Gasteiger partial charge in [-0.2, -0.15) is 0 Å². The number of aryl methyl sites for hydroxylation is 1. The highest BCUT2D eigenvalue weighted by Gasteiger charge is 2.11. The summed E-state index contributed by atoms with van der Waals surface area (Å²) in [6.45, 7) is 2.47. The van der Waals surface area contributed by atoms with Crippen molar-refractivity contribution in [2.24, 2.45) is 0 Å². The lowest BCUT2D eigenvalue weighted by Gasteiger charge is -2.05. The Bertz CT molecular complexity index is 582. The second-order valence-corrected chi connectivity index (χ2v) is 6.05. The summed E-state index contributed by atoms with van der Waals surface area (Å²) < 4.78 is 13.7. The standard InChI is InChI=1S/C13H11BrFNOS/c1-8-2-4-10(18-8)7-16-13(17)11-6-9(15)3-5-12(11)14/h2-6H,7H2,1H3,(H,16,17). The lowest BCUT2D eigenvalue weighted by atomic mass is 10.2. The van der Waals surface area contributed by atoms with Crippen LogP contribution in [0.25, 0.3) is 0 Å². The van der Waals surface area contributed by atoms with Crippen molar-refractivity contribution in [1.29, 1.82) is 0 Å². The van der Waals surface area contributed by atoms with Crippen LogP contribution in [0.4, 0.5) is 4.39 Å². The van der Waals surface area contributed by atoms with Crippen LogP contribution in [0.1, 0.15) is 20.1 Å². The normalized spacial score (nSPS) is 10.4. The van der Waals surface area contributed by atoms with Gasteiger partial charge in [-0.25, -0.2) is 4.39 Å². The maximum atomic E-state index is 13.1. The van der Waals surface area contributed by atoms with E-state index in [1.165, 1.54) is 23.1 Å². The minimum atomic E-state index is -0.421. The molecule has 1 amide bonds. The molecule has 0 atom stereocenters. The van der Waals surface area contributed by atoms with E-state index in [1.807, 2.05) is 19.1 Å². The summed E-state index contributed by atoms with van der Waals surface area (Å²) in [6, 6.07) is 8.03. The Hall–Kier alpha value is -1.20. The number of benzene rings is 1. The average molecular weight is 328 g/mol. The van der Waals surface area contributed by atoms with Gasteiger partial charge in [-0.3, -0.25) is 4.79 Å². The smallest absolute Gasteiger partial charge is 0.252 e. The van der Waals surface area contributed by atoms with Crippen LogP contribution in [-0.2, 0) is 6.54 Å². The van der Waals surface area contributed by atoms with Crippen molar-refractivity contribution in [2.45, 2.75) is 13.5 Å². The molecule has 0 aliphatic carbocycles. The molecular formula is C13H11BrFNOS. The highest BCUT2D eigenvalue weighted by atomic mass is 79.9. The Balaban J connectivity index is 2.05. The van der Waals surface area contributed by atoms with Crippen molar-refractivity contribution >= 4 is 33.2 Å². The van der Waals surface area contributed by atoms with Gasteiger partial charge in [0.25, 0.3) is 5.91 Å². The van der Waals surface area contributed by atoms with Crippen LogP contribution in [-0.4, -0.2) is 5.91 Å². The van der Waals surface area contributed by atoms with Crippen molar-refractivity contribution in [3.05, 3.63) is 55.9 Å². The van der Waals surface area contributed by atoms with E-state index in [1.54, 1.807) is 11.3 Å². The molecule has 2 nitrogen and oxygen atoms in total. The Labute approximate surface area is 117 Å². The number of thiophene rings is 1. The van der Waals surface area contributed by atoms with E-state index < -0.39 is 5.82 Å². The van der Waals surface area contributed by atoms with Gasteiger partial charge in [-0.15, -0.1) is 11.3 Å². The number of halogens is 2. The molecule has 1 aromatic heterocycles. The number of hydrogen-bond donors (Lipinski definition) is 1. The number of nitrogens with one attached hydrogen (secondary N) is 1. The molecule has 18 heavy (non-hydrogen) atoms. The Kier molecular flexibility index (Phi) is 4.14. The van der Waals surface area contributed by atoms with Gasteiger partial charge in [-0.05, 0) is 53.2 Å². The van der Waals surface area contributed by atoms with E-state index in [4.69, 9.17) is 0 Å². The molecule has 0 aliphatic heterocycles. The molecule has 0 unspecified atom stereocenters. The van der Waals surface area contributed by atoms with Crippen LogP contribution in [0.2, 0.25) is 0 Å². The molecule has 5 heteroatoms. The summed E-state index contributed by atoms with van der Waals surface area (Å²) in [6.07, 6.45) is 0. The fraction of sp³-hybridized carbons (Fsp3) is 0.154. The van der Waals surface area contributed by atoms with Gasteiger partial charge in [-0.1, -0.05) is 0 Å².